The Hall–Kier alpha value is -4.00. The van der Waals surface area contributed by atoms with Crippen molar-refractivity contribution in [3.63, 3.8) is 0 Å². The Morgan fingerprint density at radius 3 is 2.45 bits per heavy atom. The summed E-state index contributed by atoms with van der Waals surface area (Å²) in [4.78, 5) is 28.4. The topological polar surface area (TPSA) is 76.0 Å². The Bertz CT molecular complexity index is 1180. The van der Waals surface area contributed by atoms with Crippen molar-refractivity contribution < 1.29 is 14.0 Å². The molecule has 6 nitrogen and oxygen atoms in total. The first-order valence-electron chi connectivity index (χ1n) is 8.97. The van der Waals surface area contributed by atoms with Crippen LogP contribution < -0.4 is 10.6 Å². The Morgan fingerprint density at radius 2 is 1.66 bits per heavy atom. The summed E-state index contributed by atoms with van der Waals surface area (Å²) in [6.07, 6.45) is 1.75. The van der Waals surface area contributed by atoms with Gasteiger partial charge in [0.05, 0.1) is 23.1 Å². The summed E-state index contributed by atoms with van der Waals surface area (Å²) in [7, 11) is 0. The summed E-state index contributed by atoms with van der Waals surface area (Å²) in [6, 6.07) is 20.7. The summed E-state index contributed by atoms with van der Waals surface area (Å²) in [5, 5.41) is 5.11. The van der Waals surface area contributed by atoms with E-state index in [0.717, 1.165) is 16.7 Å². The smallest absolute Gasteiger partial charge is 0.254 e. The van der Waals surface area contributed by atoms with E-state index in [1.54, 1.807) is 24.5 Å². The van der Waals surface area contributed by atoms with Crippen LogP contribution in [0.15, 0.2) is 79.1 Å². The molecule has 144 valence electrons. The van der Waals surface area contributed by atoms with E-state index >= 15 is 0 Å². The maximum absolute atomic E-state index is 13.6. The molecule has 1 aromatic heterocycles. The Labute approximate surface area is 166 Å². The summed E-state index contributed by atoms with van der Waals surface area (Å²) >= 11 is 0. The van der Waals surface area contributed by atoms with Crippen LogP contribution in [0.25, 0.3) is 16.7 Å². The van der Waals surface area contributed by atoms with E-state index in [9.17, 15) is 14.0 Å². The Kier molecular flexibility index (Phi) is 5.03. The first-order chi connectivity index (χ1) is 14.1. The summed E-state index contributed by atoms with van der Waals surface area (Å²) in [5.41, 5.74) is 3.28. The molecule has 0 aliphatic carbocycles. The van der Waals surface area contributed by atoms with E-state index in [1.807, 2.05) is 41.0 Å². The molecule has 0 aliphatic rings. The summed E-state index contributed by atoms with van der Waals surface area (Å²) in [5.74, 6) is -1.68. The normalized spacial score (nSPS) is 10.7. The van der Waals surface area contributed by atoms with Crippen molar-refractivity contribution in [3.8, 4) is 5.69 Å². The third-order valence-corrected chi connectivity index (χ3v) is 4.41. The lowest BCUT2D eigenvalue weighted by atomic mass is 10.2. The molecule has 0 aliphatic heterocycles. The molecule has 1 heterocycles. The number of hydrogen-bond donors (Lipinski definition) is 2. The second-order valence-corrected chi connectivity index (χ2v) is 6.36. The number of rotatable bonds is 5. The molecule has 29 heavy (non-hydrogen) atoms. The van der Waals surface area contributed by atoms with Crippen molar-refractivity contribution in [2.45, 2.75) is 0 Å². The van der Waals surface area contributed by atoms with E-state index in [-0.39, 0.29) is 12.1 Å². The number of carbonyl (C=O) groups excluding carboxylic acids is 2. The molecule has 0 saturated heterocycles. The monoisotopic (exact) mass is 388 g/mol. The molecular weight excluding hydrogens is 371 g/mol. The largest absolute Gasteiger partial charge is 0.343 e. The zero-order valence-electron chi connectivity index (χ0n) is 15.3. The van der Waals surface area contributed by atoms with Gasteiger partial charge in [0.15, 0.2) is 0 Å². The van der Waals surface area contributed by atoms with Gasteiger partial charge in [0.2, 0.25) is 5.91 Å². The van der Waals surface area contributed by atoms with Crippen molar-refractivity contribution in [1.29, 1.82) is 0 Å². The van der Waals surface area contributed by atoms with Gasteiger partial charge in [-0.2, -0.15) is 0 Å². The van der Waals surface area contributed by atoms with E-state index < -0.39 is 17.6 Å². The van der Waals surface area contributed by atoms with Gasteiger partial charge in [-0.15, -0.1) is 0 Å². The third-order valence-electron chi connectivity index (χ3n) is 4.41. The number of hydrogen-bond acceptors (Lipinski definition) is 3. The van der Waals surface area contributed by atoms with E-state index in [2.05, 4.69) is 15.6 Å². The zero-order valence-corrected chi connectivity index (χ0v) is 15.3. The lowest BCUT2D eigenvalue weighted by Gasteiger charge is -2.09. The minimum absolute atomic E-state index is 0.0998. The fourth-order valence-electron chi connectivity index (χ4n) is 2.98. The number of nitrogens with zero attached hydrogens (tertiary/aromatic N) is 2. The number of halogens is 1. The van der Waals surface area contributed by atoms with Gasteiger partial charge in [0.1, 0.15) is 12.1 Å². The zero-order chi connectivity index (χ0) is 20.2. The number of fused-ring (bicyclic) bond motifs is 1. The molecule has 0 fully saturated rings. The molecule has 0 atom stereocenters. The molecule has 2 amide bonds. The second kappa shape index (κ2) is 7.93. The van der Waals surface area contributed by atoms with Crippen LogP contribution in [0.5, 0.6) is 0 Å². The molecule has 7 heteroatoms. The van der Waals surface area contributed by atoms with Crippen molar-refractivity contribution in [2.24, 2.45) is 0 Å². The molecule has 0 unspecified atom stereocenters. The van der Waals surface area contributed by atoms with Crippen LogP contribution in [0.3, 0.4) is 0 Å². The minimum atomic E-state index is -0.638. The highest BCUT2D eigenvalue weighted by atomic mass is 19.1. The maximum Gasteiger partial charge on any atom is 0.254 e. The second-order valence-electron chi connectivity index (χ2n) is 6.36. The molecule has 4 aromatic rings. The molecule has 0 radical (unpaired) electrons. The molecular formula is C22H17FN4O2. The number of aromatic nitrogens is 2. The number of nitrogens with one attached hydrogen (secondary N) is 2. The minimum Gasteiger partial charge on any atom is -0.343 e. The number of amides is 2. The van der Waals surface area contributed by atoms with E-state index in [1.165, 1.54) is 18.2 Å². The van der Waals surface area contributed by atoms with Crippen LogP contribution in [-0.4, -0.2) is 27.9 Å². The SMILES string of the molecule is O=C(CNC(=O)c1ccccc1F)Nc1ccc(-n2cnc3ccccc32)cc1. The molecule has 0 saturated carbocycles. The van der Waals surface area contributed by atoms with Gasteiger partial charge in [-0.3, -0.25) is 14.2 Å². The number of benzene rings is 3. The fourth-order valence-corrected chi connectivity index (χ4v) is 2.98. The van der Waals surface area contributed by atoms with Crippen molar-refractivity contribution in [1.82, 2.24) is 14.9 Å². The Morgan fingerprint density at radius 1 is 0.931 bits per heavy atom. The van der Waals surface area contributed by atoms with E-state index in [4.69, 9.17) is 0 Å². The molecule has 0 bridgehead atoms. The number of anilines is 1. The van der Waals surface area contributed by atoms with Gasteiger partial charge in [-0.05, 0) is 48.5 Å². The predicted molar refractivity (Wildman–Crippen MR) is 108 cm³/mol. The van der Waals surface area contributed by atoms with Gasteiger partial charge in [0, 0.05) is 11.4 Å². The van der Waals surface area contributed by atoms with Crippen LogP contribution in [0.2, 0.25) is 0 Å². The standard InChI is InChI=1S/C22H17FN4O2/c23-18-6-2-1-5-17(18)22(29)24-13-21(28)26-15-9-11-16(12-10-15)27-14-25-19-7-3-4-8-20(19)27/h1-12,14H,13H2,(H,24,29)(H,26,28). The lowest BCUT2D eigenvalue weighted by molar-refractivity contribution is -0.115. The van der Waals surface area contributed by atoms with Gasteiger partial charge in [-0.1, -0.05) is 24.3 Å². The fraction of sp³-hybridized carbons (Fsp3) is 0.0455. The van der Waals surface area contributed by atoms with Crippen molar-refractivity contribution >= 4 is 28.5 Å². The van der Waals surface area contributed by atoms with Crippen LogP contribution in [0.4, 0.5) is 10.1 Å². The number of carbonyl (C=O) groups is 2. The maximum atomic E-state index is 13.6. The van der Waals surface area contributed by atoms with Gasteiger partial charge >= 0.3 is 0 Å². The highest BCUT2D eigenvalue weighted by Crippen LogP contribution is 2.19. The lowest BCUT2D eigenvalue weighted by Crippen LogP contribution is -2.33. The van der Waals surface area contributed by atoms with Crippen LogP contribution >= 0.6 is 0 Å². The Balaban J connectivity index is 1.38. The molecule has 3 aromatic carbocycles. The first kappa shape index (κ1) is 18.4. The molecule has 0 spiro atoms. The average Bonchev–Trinajstić information content (AvgIpc) is 3.17. The highest BCUT2D eigenvalue weighted by Gasteiger charge is 2.12. The van der Waals surface area contributed by atoms with Crippen molar-refractivity contribution in [3.05, 3.63) is 90.5 Å². The van der Waals surface area contributed by atoms with Crippen molar-refractivity contribution in [2.75, 3.05) is 11.9 Å². The van der Waals surface area contributed by atoms with Crippen LogP contribution in [-0.2, 0) is 4.79 Å². The van der Waals surface area contributed by atoms with Gasteiger partial charge in [-0.25, -0.2) is 9.37 Å². The third kappa shape index (κ3) is 3.98. The van der Waals surface area contributed by atoms with Gasteiger partial charge in [0.25, 0.3) is 5.91 Å². The predicted octanol–water partition coefficient (Wildman–Crippen LogP) is 3.53. The van der Waals surface area contributed by atoms with Crippen LogP contribution in [0.1, 0.15) is 10.4 Å². The van der Waals surface area contributed by atoms with Gasteiger partial charge < -0.3 is 10.6 Å². The number of para-hydroxylation sites is 2. The molecule has 4 rings (SSSR count). The summed E-state index contributed by atoms with van der Waals surface area (Å²) in [6.45, 7) is -0.263. The first-order valence-corrected chi connectivity index (χ1v) is 8.97. The number of imidazole rings is 1. The quantitative estimate of drug-likeness (QED) is 0.549. The van der Waals surface area contributed by atoms with Crippen LogP contribution in [0, 0.1) is 5.82 Å². The summed E-state index contributed by atoms with van der Waals surface area (Å²) < 4.78 is 15.5. The highest BCUT2D eigenvalue weighted by molar-refractivity contribution is 5.99. The average molecular weight is 388 g/mol. The van der Waals surface area contributed by atoms with E-state index in [0.29, 0.717) is 5.69 Å². The molecule has 2 N–H and O–H groups in total.